The molecule has 0 aromatic heterocycles. The predicted octanol–water partition coefficient (Wildman–Crippen LogP) is 3.03. The van der Waals surface area contributed by atoms with Crippen LogP contribution < -0.4 is 5.32 Å². The van der Waals surface area contributed by atoms with E-state index in [1.807, 2.05) is 0 Å². The van der Waals surface area contributed by atoms with Crippen molar-refractivity contribution in [3.05, 3.63) is 33.4 Å². The zero-order chi connectivity index (χ0) is 13.9. The number of nitro groups is 1. The van der Waals surface area contributed by atoms with Crippen LogP contribution in [-0.2, 0) is 4.79 Å². The summed E-state index contributed by atoms with van der Waals surface area (Å²) in [5.41, 5.74) is 1.80. The zero-order valence-electron chi connectivity index (χ0n) is 10.5. The van der Waals surface area contributed by atoms with Crippen molar-refractivity contribution in [2.75, 3.05) is 11.2 Å². The summed E-state index contributed by atoms with van der Waals surface area (Å²) in [6.45, 7) is 5.15. The van der Waals surface area contributed by atoms with Gasteiger partial charge < -0.3 is 5.32 Å². The van der Waals surface area contributed by atoms with Gasteiger partial charge in [0, 0.05) is 23.4 Å². The van der Waals surface area contributed by atoms with Crippen molar-refractivity contribution in [1.82, 2.24) is 0 Å². The Balaban J connectivity index is 3.06. The van der Waals surface area contributed by atoms with Crippen LogP contribution in [0.3, 0.4) is 0 Å². The van der Waals surface area contributed by atoms with Crippen molar-refractivity contribution in [2.45, 2.75) is 20.8 Å². The first kappa shape index (κ1) is 14.4. The van der Waals surface area contributed by atoms with Crippen LogP contribution in [0.5, 0.6) is 0 Å². The van der Waals surface area contributed by atoms with Gasteiger partial charge in [0.15, 0.2) is 0 Å². The lowest BCUT2D eigenvalue weighted by Crippen LogP contribution is -2.22. The van der Waals surface area contributed by atoms with E-state index in [2.05, 4.69) is 5.32 Å². The van der Waals surface area contributed by atoms with E-state index in [9.17, 15) is 14.9 Å². The topological polar surface area (TPSA) is 72.2 Å². The van der Waals surface area contributed by atoms with E-state index >= 15 is 0 Å². The van der Waals surface area contributed by atoms with Crippen molar-refractivity contribution in [2.24, 2.45) is 5.92 Å². The van der Waals surface area contributed by atoms with E-state index in [4.69, 9.17) is 11.6 Å². The SMILES string of the molecule is Cc1cc(C)c([N+](=O)[O-])cc1NC(=O)C(C)CCl. The average Bonchev–Trinajstić information content (AvgIpc) is 2.30. The molecule has 6 heteroatoms. The largest absolute Gasteiger partial charge is 0.325 e. The summed E-state index contributed by atoms with van der Waals surface area (Å²) in [6.07, 6.45) is 0. The van der Waals surface area contributed by atoms with Gasteiger partial charge in [0.25, 0.3) is 5.69 Å². The fraction of sp³-hybridized carbons (Fsp3) is 0.417. The summed E-state index contributed by atoms with van der Waals surface area (Å²) >= 11 is 5.59. The molecule has 18 heavy (non-hydrogen) atoms. The molecule has 0 heterocycles. The minimum Gasteiger partial charge on any atom is -0.325 e. The summed E-state index contributed by atoms with van der Waals surface area (Å²) in [5, 5.41) is 13.5. The highest BCUT2D eigenvalue weighted by molar-refractivity contribution is 6.19. The molecule has 1 aromatic carbocycles. The van der Waals surface area contributed by atoms with E-state index in [1.54, 1.807) is 26.8 Å². The third-order valence-electron chi connectivity index (χ3n) is 2.68. The van der Waals surface area contributed by atoms with Crippen molar-refractivity contribution in [3.8, 4) is 0 Å². The highest BCUT2D eigenvalue weighted by Crippen LogP contribution is 2.26. The van der Waals surface area contributed by atoms with Crippen LogP contribution in [0.4, 0.5) is 11.4 Å². The molecule has 0 saturated carbocycles. The van der Waals surface area contributed by atoms with Gasteiger partial charge in [-0.1, -0.05) is 6.92 Å². The van der Waals surface area contributed by atoms with Crippen LogP contribution in [0.2, 0.25) is 0 Å². The Morgan fingerprint density at radius 2 is 2.06 bits per heavy atom. The lowest BCUT2D eigenvalue weighted by Gasteiger charge is -2.12. The second-order valence-electron chi connectivity index (χ2n) is 4.26. The molecule has 0 aliphatic heterocycles. The van der Waals surface area contributed by atoms with Crippen LogP contribution in [0.25, 0.3) is 0 Å². The molecule has 1 unspecified atom stereocenters. The molecule has 0 aliphatic rings. The first-order valence-corrected chi connectivity index (χ1v) is 6.02. The fourth-order valence-electron chi connectivity index (χ4n) is 1.50. The van der Waals surface area contributed by atoms with Gasteiger partial charge in [-0.3, -0.25) is 14.9 Å². The molecule has 1 aromatic rings. The minimum atomic E-state index is -0.463. The Hall–Kier alpha value is -1.62. The number of aryl methyl sites for hydroxylation is 2. The normalized spacial score (nSPS) is 12.0. The Bertz CT molecular complexity index is 488. The Morgan fingerprint density at radius 1 is 1.44 bits per heavy atom. The summed E-state index contributed by atoms with van der Waals surface area (Å²) in [6, 6.07) is 3.06. The molecule has 0 aliphatic carbocycles. The number of benzene rings is 1. The van der Waals surface area contributed by atoms with E-state index in [0.717, 1.165) is 5.56 Å². The van der Waals surface area contributed by atoms with Crippen molar-refractivity contribution in [3.63, 3.8) is 0 Å². The fourth-order valence-corrected chi connectivity index (χ4v) is 1.64. The smallest absolute Gasteiger partial charge is 0.274 e. The Labute approximate surface area is 110 Å². The van der Waals surface area contributed by atoms with Gasteiger partial charge in [-0.15, -0.1) is 11.6 Å². The number of hydrogen-bond donors (Lipinski definition) is 1. The summed E-state index contributed by atoms with van der Waals surface area (Å²) in [5.74, 6) is -0.378. The minimum absolute atomic E-state index is 0.00516. The lowest BCUT2D eigenvalue weighted by atomic mass is 10.1. The summed E-state index contributed by atoms with van der Waals surface area (Å²) in [4.78, 5) is 22.1. The number of nitrogens with one attached hydrogen (secondary N) is 1. The molecule has 1 rings (SSSR count). The molecule has 1 N–H and O–H groups in total. The third-order valence-corrected chi connectivity index (χ3v) is 3.14. The molecule has 0 bridgehead atoms. The second kappa shape index (κ2) is 5.82. The molecule has 5 nitrogen and oxygen atoms in total. The number of carbonyl (C=O) groups is 1. The first-order chi connectivity index (χ1) is 8.36. The van der Waals surface area contributed by atoms with Crippen molar-refractivity contribution in [1.29, 1.82) is 0 Å². The molecular formula is C12H15ClN2O3. The number of rotatable bonds is 4. The maximum absolute atomic E-state index is 11.7. The van der Waals surface area contributed by atoms with Crippen molar-refractivity contribution < 1.29 is 9.72 Å². The zero-order valence-corrected chi connectivity index (χ0v) is 11.2. The molecule has 0 spiro atoms. The first-order valence-electron chi connectivity index (χ1n) is 5.49. The van der Waals surface area contributed by atoms with E-state index < -0.39 is 4.92 Å². The number of hydrogen-bond acceptors (Lipinski definition) is 3. The molecular weight excluding hydrogens is 256 g/mol. The number of carbonyl (C=O) groups excluding carboxylic acids is 1. The Kier molecular flexibility index (Phi) is 4.67. The lowest BCUT2D eigenvalue weighted by molar-refractivity contribution is -0.385. The highest BCUT2D eigenvalue weighted by Gasteiger charge is 2.17. The van der Waals surface area contributed by atoms with Gasteiger partial charge in [0.2, 0.25) is 5.91 Å². The number of alkyl halides is 1. The van der Waals surface area contributed by atoms with Crippen LogP contribution >= 0.6 is 11.6 Å². The summed E-state index contributed by atoms with van der Waals surface area (Å²) in [7, 11) is 0. The Morgan fingerprint density at radius 3 is 2.56 bits per heavy atom. The molecule has 0 fully saturated rings. The second-order valence-corrected chi connectivity index (χ2v) is 4.56. The predicted molar refractivity (Wildman–Crippen MR) is 71.1 cm³/mol. The van der Waals surface area contributed by atoms with Gasteiger partial charge >= 0.3 is 0 Å². The number of nitrogens with zero attached hydrogens (tertiary/aromatic N) is 1. The number of anilines is 1. The van der Waals surface area contributed by atoms with Gasteiger partial charge in [-0.2, -0.15) is 0 Å². The van der Waals surface area contributed by atoms with Crippen LogP contribution in [0.1, 0.15) is 18.1 Å². The maximum Gasteiger partial charge on any atom is 0.274 e. The number of amides is 1. The van der Waals surface area contributed by atoms with Gasteiger partial charge in [0.1, 0.15) is 0 Å². The van der Waals surface area contributed by atoms with Crippen LogP contribution in [0, 0.1) is 29.9 Å². The molecule has 98 valence electrons. The molecule has 1 amide bonds. The number of halogens is 1. The van der Waals surface area contributed by atoms with Gasteiger partial charge in [-0.25, -0.2) is 0 Å². The quantitative estimate of drug-likeness (QED) is 0.519. The average molecular weight is 271 g/mol. The third kappa shape index (κ3) is 3.20. The maximum atomic E-state index is 11.7. The van der Waals surface area contributed by atoms with Crippen LogP contribution in [-0.4, -0.2) is 16.7 Å². The summed E-state index contributed by atoms with van der Waals surface area (Å²) < 4.78 is 0. The molecule has 0 saturated heterocycles. The van der Waals surface area contributed by atoms with Gasteiger partial charge in [0.05, 0.1) is 10.6 Å². The highest BCUT2D eigenvalue weighted by atomic mass is 35.5. The van der Waals surface area contributed by atoms with Crippen molar-refractivity contribution >= 4 is 28.9 Å². The van der Waals surface area contributed by atoms with Gasteiger partial charge in [-0.05, 0) is 25.5 Å². The van der Waals surface area contributed by atoms with Crippen LogP contribution in [0.15, 0.2) is 12.1 Å². The molecule has 0 radical (unpaired) electrons. The standard InChI is InChI=1S/C12H15ClN2O3/c1-7-4-8(2)11(15(17)18)5-10(7)14-12(16)9(3)6-13/h4-5,9H,6H2,1-3H3,(H,14,16). The molecule has 1 atom stereocenters. The monoisotopic (exact) mass is 270 g/mol. The van der Waals surface area contributed by atoms with E-state index in [-0.39, 0.29) is 23.4 Å². The number of nitro benzene ring substituents is 1. The van der Waals surface area contributed by atoms with E-state index in [0.29, 0.717) is 11.3 Å². The van der Waals surface area contributed by atoms with E-state index in [1.165, 1.54) is 6.07 Å².